The van der Waals surface area contributed by atoms with Crippen molar-refractivity contribution in [1.29, 1.82) is 0 Å². The van der Waals surface area contributed by atoms with Gasteiger partial charge < -0.3 is 0 Å². The lowest BCUT2D eigenvalue weighted by molar-refractivity contribution is 0.822. The van der Waals surface area contributed by atoms with Crippen LogP contribution < -0.4 is 0 Å². The highest BCUT2D eigenvalue weighted by atomic mass is 35.5. The van der Waals surface area contributed by atoms with E-state index in [9.17, 15) is 0 Å². The summed E-state index contributed by atoms with van der Waals surface area (Å²) in [7, 11) is 0. The molecule has 2 aromatic rings. The van der Waals surface area contributed by atoms with Crippen LogP contribution in [0.5, 0.6) is 0 Å². The molecule has 0 saturated heterocycles. The van der Waals surface area contributed by atoms with Crippen molar-refractivity contribution in [2.24, 2.45) is 0 Å². The van der Waals surface area contributed by atoms with Gasteiger partial charge in [0.25, 0.3) is 0 Å². The smallest absolute Gasteiger partial charge is 0.137 e. The maximum atomic E-state index is 5.95. The molecular formula is C9H7ClN3. The van der Waals surface area contributed by atoms with Crippen LogP contribution in [0.25, 0.3) is 0 Å². The molecule has 0 amide bonds. The van der Waals surface area contributed by atoms with Crippen LogP contribution in [0.4, 0.5) is 0 Å². The summed E-state index contributed by atoms with van der Waals surface area (Å²) in [6.07, 6.45) is 3.09. The summed E-state index contributed by atoms with van der Waals surface area (Å²) in [4.78, 5) is 3.83. The van der Waals surface area contributed by atoms with Crippen LogP contribution in [0.15, 0.2) is 36.9 Å². The van der Waals surface area contributed by atoms with Crippen molar-refractivity contribution < 1.29 is 0 Å². The van der Waals surface area contributed by atoms with Gasteiger partial charge in [-0.1, -0.05) is 29.8 Å². The predicted octanol–water partition coefficient (Wildman–Crippen LogP) is 1.99. The molecule has 0 unspecified atom stereocenters. The third kappa shape index (κ3) is 1.87. The first-order valence-corrected chi connectivity index (χ1v) is 4.17. The van der Waals surface area contributed by atoms with Gasteiger partial charge in [-0.3, -0.25) is 0 Å². The monoisotopic (exact) mass is 192 g/mol. The van der Waals surface area contributed by atoms with E-state index in [2.05, 4.69) is 10.1 Å². The number of benzene rings is 1. The van der Waals surface area contributed by atoms with Gasteiger partial charge in [0.05, 0.1) is 0 Å². The van der Waals surface area contributed by atoms with Crippen molar-refractivity contribution >= 4 is 11.6 Å². The molecule has 0 N–H and O–H groups in total. The molecule has 0 bridgehead atoms. The Kier molecular flexibility index (Phi) is 2.27. The zero-order valence-corrected chi connectivity index (χ0v) is 7.52. The quantitative estimate of drug-likeness (QED) is 0.729. The summed E-state index contributed by atoms with van der Waals surface area (Å²) in [6, 6.07) is 7.57. The van der Waals surface area contributed by atoms with Gasteiger partial charge in [-0.05, 0) is 11.6 Å². The highest BCUT2D eigenvalue weighted by molar-refractivity contribution is 6.31. The zero-order valence-electron chi connectivity index (χ0n) is 6.76. The lowest BCUT2D eigenvalue weighted by Gasteiger charge is -2.01. The van der Waals surface area contributed by atoms with Crippen molar-refractivity contribution in [3.05, 3.63) is 54.1 Å². The van der Waals surface area contributed by atoms with E-state index in [1.165, 1.54) is 6.33 Å². The van der Waals surface area contributed by atoms with Gasteiger partial charge in [0.1, 0.15) is 19.2 Å². The molecular weight excluding hydrogens is 186 g/mol. The molecule has 0 aliphatic rings. The third-order valence-electron chi connectivity index (χ3n) is 1.61. The Morgan fingerprint density at radius 3 is 2.85 bits per heavy atom. The van der Waals surface area contributed by atoms with Crippen molar-refractivity contribution in [3.8, 4) is 0 Å². The lowest BCUT2D eigenvalue weighted by atomic mass is 10.2. The molecule has 2 rings (SSSR count). The summed E-state index contributed by atoms with van der Waals surface area (Å²) in [5.74, 6) is 0. The summed E-state index contributed by atoms with van der Waals surface area (Å²) in [5, 5.41) is 4.65. The maximum Gasteiger partial charge on any atom is 0.137 e. The molecule has 1 aromatic carbocycles. The standard InChI is InChI=1S/C9H7ClN3/c10-9-4-2-1-3-8(9)5-13-7-11-6-12-13/h1-7H. The van der Waals surface area contributed by atoms with Crippen LogP contribution in [0, 0.1) is 6.54 Å². The molecule has 0 aliphatic heterocycles. The Labute approximate surface area is 81.0 Å². The van der Waals surface area contributed by atoms with Crippen molar-refractivity contribution in [2.45, 2.75) is 0 Å². The van der Waals surface area contributed by atoms with E-state index < -0.39 is 0 Å². The summed E-state index contributed by atoms with van der Waals surface area (Å²) in [5.41, 5.74) is 0.926. The first-order valence-electron chi connectivity index (χ1n) is 3.80. The molecule has 0 aliphatic carbocycles. The number of rotatable bonds is 2. The average molecular weight is 193 g/mol. The molecule has 13 heavy (non-hydrogen) atoms. The molecule has 0 saturated carbocycles. The van der Waals surface area contributed by atoms with Crippen molar-refractivity contribution in [3.63, 3.8) is 0 Å². The summed E-state index contributed by atoms with van der Waals surface area (Å²) >= 11 is 5.95. The highest BCUT2D eigenvalue weighted by Crippen LogP contribution is 2.16. The molecule has 0 fully saturated rings. The molecule has 0 spiro atoms. The van der Waals surface area contributed by atoms with E-state index in [4.69, 9.17) is 11.6 Å². The van der Waals surface area contributed by atoms with Crippen LogP contribution in [-0.2, 0) is 0 Å². The fraction of sp³-hybridized carbons (Fsp3) is 0. The average Bonchev–Trinajstić information content (AvgIpc) is 2.61. The van der Waals surface area contributed by atoms with E-state index in [0.717, 1.165) is 5.56 Å². The van der Waals surface area contributed by atoms with Gasteiger partial charge in [-0.2, -0.15) is 5.10 Å². The van der Waals surface area contributed by atoms with Gasteiger partial charge in [0, 0.05) is 5.02 Å². The van der Waals surface area contributed by atoms with Crippen LogP contribution in [0.3, 0.4) is 0 Å². The van der Waals surface area contributed by atoms with Gasteiger partial charge >= 0.3 is 0 Å². The Balaban J connectivity index is 2.24. The first-order chi connectivity index (χ1) is 6.36. The molecule has 1 radical (unpaired) electrons. The number of nitrogens with zero attached hydrogens (tertiary/aromatic N) is 3. The van der Waals surface area contributed by atoms with E-state index in [-0.39, 0.29) is 0 Å². The normalized spacial score (nSPS) is 10.2. The minimum Gasteiger partial charge on any atom is -0.243 e. The molecule has 4 heteroatoms. The fourth-order valence-electron chi connectivity index (χ4n) is 1.01. The van der Waals surface area contributed by atoms with Crippen LogP contribution >= 0.6 is 11.6 Å². The topological polar surface area (TPSA) is 30.7 Å². The second-order valence-corrected chi connectivity index (χ2v) is 2.93. The Morgan fingerprint density at radius 2 is 2.15 bits per heavy atom. The van der Waals surface area contributed by atoms with E-state index in [0.29, 0.717) is 5.02 Å². The number of halogens is 1. The number of hydrogen-bond donors (Lipinski definition) is 0. The summed E-state index contributed by atoms with van der Waals surface area (Å²) < 4.78 is 1.61. The van der Waals surface area contributed by atoms with Crippen LogP contribution in [-0.4, -0.2) is 14.8 Å². The van der Waals surface area contributed by atoms with Gasteiger partial charge in [-0.15, -0.1) is 0 Å². The predicted molar refractivity (Wildman–Crippen MR) is 50.3 cm³/mol. The number of hydrogen-bond acceptors (Lipinski definition) is 2. The third-order valence-corrected chi connectivity index (χ3v) is 1.96. The Hall–Kier alpha value is -1.35. The van der Waals surface area contributed by atoms with Crippen molar-refractivity contribution in [1.82, 2.24) is 14.8 Å². The fourth-order valence-corrected chi connectivity index (χ4v) is 1.19. The number of aromatic nitrogens is 3. The Morgan fingerprint density at radius 1 is 1.31 bits per heavy atom. The largest absolute Gasteiger partial charge is 0.243 e. The van der Waals surface area contributed by atoms with E-state index in [1.807, 2.05) is 30.8 Å². The minimum absolute atomic E-state index is 0.706. The molecule has 1 aromatic heterocycles. The van der Waals surface area contributed by atoms with Gasteiger partial charge in [0.2, 0.25) is 0 Å². The summed E-state index contributed by atoms with van der Waals surface area (Å²) in [6.45, 7) is 1.81. The van der Waals surface area contributed by atoms with E-state index in [1.54, 1.807) is 11.0 Å². The van der Waals surface area contributed by atoms with E-state index >= 15 is 0 Å². The van der Waals surface area contributed by atoms with Crippen LogP contribution in [0.1, 0.15) is 5.56 Å². The van der Waals surface area contributed by atoms with Gasteiger partial charge in [0.15, 0.2) is 0 Å². The Bertz CT molecular complexity index is 384. The zero-order chi connectivity index (χ0) is 9.10. The molecule has 1 heterocycles. The second kappa shape index (κ2) is 3.58. The minimum atomic E-state index is 0.706. The van der Waals surface area contributed by atoms with Crippen molar-refractivity contribution in [2.75, 3.05) is 0 Å². The highest BCUT2D eigenvalue weighted by Gasteiger charge is 2.00. The van der Waals surface area contributed by atoms with Gasteiger partial charge in [-0.25, -0.2) is 9.67 Å². The second-order valence-electron chi connectivity index (χ2n) is 2.53. The molecule has 65 valence electrons. The molecule has 3 nitrogen and oxygen atoms in total. The lowest BCUT2D eigenvalue weighted by Crippen LogP contribution is -1.97. The van der Waals surface area contributed by atoms with Crippen LogP contribution in [0.2, 0.25) is 5.02 Å². The first kappa shape index (κ1) is 8.26. The molecule has 0 atom stereocenters. The maximum absolute atomic E-state index is 5.95. The SMILES string of the molecule is Clc1ccccc1[CH]n1cncn1.